The first-order chi connectivity index (χ1) is 7.63. The molecule has 0 bridgehead atoms. The molecule has 1 amide bonds. The molecule has 1 heterocycles. The zero-order valence-corrected chi connectivity index (χ0v) is 8.41. The number of nitrogens with zero attached hydrogens (tertiary/aromatic N) is 4. The summed E-state index contributed by atoms with van der Waals surface area (Å²) in [6, 6.07) is -0.971. The van der Waals surface area contributed by atoms with E-state index in [-0.39, 0.29) is 13.0 Å². The summed E-state index contributed by atoms with van der Waals surface area (Å²) < 4.78 is 1.20. The van der Waals surface area contributed by atoms with Crippen LogP contribution in [-0.4, -0.2) is 43.2 Å². The van der Waals surface area contributed by atoms with Gasteiger partial charge >= 0.3 is 5.97 Å². The van der Waals surface area contributed by atoms with E-state index in [4.69, 9.17) is 5.11 Å². The predicted molar refractivity (Wildman–Crippen MR) is 52.2 cm³/mol. The molecule has 0 aliphatic heterocycles. The van der Waals surface area contributed by atoms with Crippen molar-refractivity contribution in [3.63, 3.8) is 0 Å². The van der Waals surface area contributed by atoms with E-state index in [1.165, 1.54) is 17.1 Å². The van der Waals surface area contributed by atoms with Gasteiger partial charge in [-0.25, -0.2) is 9.48 Å². The lowest BCUT2D eigenvalue weighted by Gasteiger charge is -2.11. The van der Waals surface area contributed by atoms with Gasteiger partial charge in [0.15, 0.2) is 0 Å². The van der Waals surface area contributed by atoms with Crippen LogP contribution in [0.15, 0.2) is 19.0 Å². The number of aliphatic carboxylic acids is 1. The van der Waals surface area contributed by atoms with E-state index in [2.05, 4.69) is 27.4 Å². The number of carboxylic acids is 1. The molecule has 0 radical (unpaired) electrons. The summed E-state index contributed by atoms with van der Waals surface area (Å²) in [6.45, 7) is 3.30. The van der Waals surface area contributed by atoms with Crippen LogP contribution in [0.25, 0.3) is 0 Å². The standard InChI is InChI=1S/C8H11N5O3/c1-2-3-6(8(15)16)10-7(14)4-13-5-9-11-12-13/h2,5-6H,1,3-4H2,(H,10,14)(H,15,16). The molecule has 1 unspecified atom stereocenters. The maximum absolute atomic E-state index is 11.4. The Morgan fingerprint density at radius 3 is 2.88 bits per heavy atom. The minimum atomic E-state index is -1.11. The van der Waals surface area contributed by atoms with E-state index < -0.39 is 17.9 Å². The van der Waals surface area contributed by atoms with Gasteiger partial charge in [-0.3, -0.25) is 4.79 Å². The van der Waals surface area contributed by atoms with E-state index in [1.54, 1.807) is 0 Å². The van der Waals surface area contributed by atoms with Gasteiger partial charge in [0.05, 0.1) is 0 Å². The van der Waals surface area contributed by atoms with Crippen molar-refractivity contribution in [1.82, 2.24) is 25.5 Å². The van der Waals surface area contributed by atoms with Gasteiger partial charge < -0.3 is 10.4 Å². The summed E-state index contributed by atoms with van der Waals surface area (Å²) in [5, 5.41) is 21.3. The molecule has 1 rings (SSSR count). The first-order valence-corrected chi connectivity index (χ1v) is 4.47. The van der Waals surface area contributed by atoms with Crippen molar-refractivity contribution >= 4 is 11.9 Å². The molecule has 86 valence electrons. The maximum Gasteiger partial charge on any atom is 0.326 e. The molecule has 8 heteroatoms. The highest BCUT2D eigenvalue weighted by molar-refractivity contribution is 5.83. The number of aromatic nitrogens is 4. The first kappa shape index (κ1) is 11.8. The van der Waals surface area contributed by atoms with Crippen molar-refractivity contribution in [1.29, 1.82) is 0 Å². The molecule has 0 aromatic carbocycles. The van der Waals surface area contributed by atoms with Crippen molar-refractivity contribution in [2.75, 3.05) is 0 Å². The van der Waals surface area contributed by atoms with Crippen LogP contribution in [0.3, 0.4) is 0 Å². The van der Waals surface area contributed by atoms with Gasteiger partial charge in [-0.2, -0.15) is 0 Å². The number of nitrogens with one attached hydrogen (secondary N) is 1. The summed E-state index contributed by atoms with van der Waals surface area (Å²) in [6.07, 6.45) is 2.86. The molecule has 0 spiro atoms. The SMILES string of the molecule is C=CCC(NC(=O)Cn1cnnn1)C(=O)O. The fraction of sp³-hybridized carbons (Fsp3) is 0.375. The Labute approximate surface area is 90.9 Å². The highest BCUT2D eigenvalue weighted by atomic mass is 16.4. The summed E-state index contributed by atoms with van der Waals surface area (Å²) in [5.41, 5.74) is 0. The molecular weight excluding hydrogens is 214 g/mol. The molecule has 0 saturated heterocycles. The van der Waals surface area contributed by atoms with Gasteiger partial charge in [0.25, 0.3) is 0 Å². The van der Waals surface area contributed by atoms with Crippen LogP contribution < -0.4 is 5.32 Å². The Balaban J connectivity index is 2.48. The number of hydrogen-bond donors (Lipinski definition) is 2. The number of rotatable bonds is 6. The zero-order chi connectivity index (χ0) is 12.0. The van der Waals surface area contributed by atoms with Gasteiger partial charge in [-0.15, -0.1) is 11.7 Å². The van der Waals surface area contributed by atoms with Gasteiger partial charge in [-0.1, -0.05) is 6.08 Å². The predicted octanol–water partition coefficient (Wildman–Crippen LogP) is -1.18. The Hall–Kier alpha value is -2.25. The molecule has 0 saturated carbocycles. The van der Waals surface area contributed by atoms with E-state index >= 15 is 0 Å². The molecule has 8 nitrogen and oxygen atoms in total. The summed E-state index contributed by atoms with van der Waals surface area (Å²) in [4.78, 5) is 22.1. The van der Waals surface area contributed by atoms with E-state index in [0.717, 1.165) is 0 Å². The normalized spacial score (nSPS) is 11.8. The zero-order valence-electron chi connectivity index (χ0n) is 8.41. The third kappa shape index (κ3) is 3.48. The van der Waals surface area contributed by atoms with Gasteiger partial charge in [-0.05, 0) is 16.8 Å². The van der Waals surface area contributed by atoms with Crippen molar-refractivity contribution < 1.29 is 14.7 Å². The van der Waals surface area contributed by atoms with Gasteiger partial charge in [0, 0.05) is 0 Å². The molecule has 0 fully saturated rings. The lowest BCUT2D eigenvalue weighted by Crippen LogP contribution is -2.42. The third-order valence-corrected chi connectivity index (χ3v) is 1.73. The third-order valence-electron chi connectivity index (χ3n) is 1.73. The Morgan fingerprint density at radius 2 is 2.38 bits per heavy atom. The number of amides is 1. The van der Waals surface area contributed by atoms with Crippen molar-refractivity contribution in [3.05, 3.63) is 19.0 Å². The lowest BCUT2D eigenvalue weighted by molar-refractivity contribution is -0.141. The van der Waals surface area contributed by atoms with Crippen LogP contribution >= 0.6 is 0 Å². The first-order valence-electron chi connectivity index (χ1n) is 4.47. The minimum Gasteiger partial charge on any atom is -0.480 e. The average Bonchev–Trinajstić information content (AvgIpc) is 2.69. The summed E-state index contributed by atoms with van der Waals surface area (Å²) >= 11 is 0. The number of carbonyl (C=O) groups is 2. The number of carbonyl (C=O) groups excluding carboxylic acids is 1. The van der Waals surface area contributed by atoms with Crippen LogP contribution in [0.1, 0.15) is 6.42 Å². The van der Waals surface area contributed by atoms with Crippen LogP contribution in [-0.2, 0) is 16.1 Å². The van der Waals surface area contributed by atoms with Crippen molar-refractivity contribution in [2.24, 2.45) is 0 Å². The number of carboxylic acid groups (broad SMARTS) is 1. The highest BCUT2D eigenvalue weighted by Gasteiger charge is 2.18. The molecule has 1 aromatic rings. The fourth-order valence-corrected chi connectivity index (χ4v) is 1.03. The molecule has 1 aromatic heterocycles. The molecule has 2 N–H and O–H groups in total. The van der Waals surface area contributed by atoms with Crippen LogP contribution in [0.4, 0.5) is 0 Å². The summed E-state index contributed by atoms with van der Waals surface area (Å²) in [5.74, 6) is -1.58. The average molecular weight is 225 g/mol. The van der Waals surface area contributed by atoms with Gasteiger partial charge in [0.1, 0.15) is 18.9 Å². The Morgan fingerprint density at radius 1 is 1.62 bits per heavy atom. The van der Waals surface area contributed by atoms with E-state index in [0.29, 0.717) is 0 Å². The maximum atomic E-state index is 11.4. The molecule has 16 heavy (non-hydrogen) atoms. The molecular formula is C8H11N5O3. The lowest BCUT2D eigenvalue weighted by atomic mass is 10.2. The highest BCUT2D eigenvalue weighted by Crippen LogP contribution is 1.93. The van der Waals surface area contributed by atoms with Crippen LogP contribution in [0, 0.1) is 0 Å². The molecule has 0 aliphatic carbocycles. The second kappa shape index (κ2) is 5.59. The van der Waals surface area contributed by atoms with Crippen molar-refractivity contribution in [2.45, 2.75) is 19.0 Å². The van der Waals surface area contributed by atoms with Crippen LogP contribution in [0.2, 0.25) is 0 Å². The number of hydrogen-bond acceptors (Lipinski definition) is 5. The van der Waals surface area contributed by atoms with Crippen LogP contribution in [0.5, 0.6) is 0 Å². The molecule has 1 atom stereocenters. The minimum absolute atomic E-state index is 0.117. The number of tetrazole rings is 1. The van der Waals surface area contributed by atoms with Crippen molar-refractivity contribution in [3.8, 4) is 0 Å². The Kier molecular flexibility index (Phi) is 4.13. The Bertz CT molecular complexity index is 375. The smallest absolute Gasteiger partial charge is 0.326 e. The largest absolute Gasteiger partial charge is 0.480 e. The topological polar surface area (TPSA) is 110 Å². The quantitative estimate of drug-likeness (QED) is 0.589. The van der Waals surface area contributed by atoms with E-state index in [1.807, 2.05) is 0 Å². The van der Waals surface area contributed by atoms with E-state index in [9.17, 15) is 9.59 Å². The second-order valence-corrected chi connectivity index (χ2v) is 2.99. The van der Waals surface area contributed by atoms with Gasteiger partial charge in [0.2, 0.25) is 5.91 Å². The second-order valence-electron chi connectivity index (χ2n) is 2.99. The summed E-state index contributed by atoms with van der Waals surface area (Å²) in [7, 11) is 0. The molecule has 0 aliphatic rings. The fourth-order valence-electron chi connectivity index (χ4n) is 1.03. The monoisotopic (exact) mass is 225 g/mol.